The molecule has 2 atom stereocenters. The Morgan fingerprint density at radius 2 is 2.05 bits per heavy atom. The molecular weight excluding hydrogens is 269 g/mol. The molecule has 4 heteroatoms. The topological polar surface area (TPSA) is 38.3 Å². The van der Waals surface area contributed by atoms with Gasteiger partial charge in [0.15, 0.2) is 0 Å². The molecule has 2 aromatic carbocycles. The van der Waals surface area contributed by atoms with E-state index >= 15 is 0 Å². The van der Waals surface area contributed by atoms with E-state index in [9.17, 15) is 9.18 Å². The maximum atomic E-state index is 13.8. The van der Waals surface area contributed by atoms with Gasteiger partial charge >= 0.3 is 0 Å². The van der Waals surface area contributed by atoms with Crippen molar-refractivity contribution in [3.8, 4) is 0 Å². The highest BCUT2D eigenvalue weighted by Gasteiger charge is 2.24. The third kappa shape index (κ3) is 2.76. The van der Waals surface area contributed by atoms with Gasteiger partial charge in [0, 0.05) is 17.6 Å². The van der Waals surface area contributed by atoms with Crippen molar-refractivity contribution in [2.75, 3.05) is 6.61 Å². The number of amides is 1. The summed E-state index contributed by atoms with van der Waals surface area (Å²) in [6.45, 7) is 2.70. The van der Waals surface area contributed by atoms with Crippen molar-refractivity contribution in [1.29, 1.82) is 0 Å². The first-order valence-corrected chi connectivity index (χ1v) is 7.26. The standard InChI is InChI=1S/C17H18FNO2/c1-11(16-7-4-10-21-16)19-17(20)14-8-9-15(18)13-6-3-2-5-12(13)14/h2-3,5-6,8-9,11,16H,4,7,10H2,1H3,(H,19,20). The molecule has 3 nitrogen and oxygen atoms in total. The minimum Gasteiger partial charge on any atom is -0.376 e. The van der Waals surface area contributed by atoms with Gasteiger partial charge in [-0.2, -0.15) is 0 Å². The van der Waals surface area contributed by atoms with Crippen molar-refractivity contribution in [2.45, 2.75) is 31.9 Å². The summed E-state index contributed by atoms with van der Waals surface area (Å²) in [7, 11) is 0. The molecular formula is C17H18FNO2. The highest BCUT2D eigenvalue weighted by molar-refractivity contribution is 6.07. The molecule has 3 rings (SSSR count). The number of hydrogen-bond acceptors (Lipinski definition) is 2. The van der Waals surface area contributed by atoms with Crippen LogP contribution in [0.15, 0.2) is 36.4 Å². The van der Waals surface area contributed by atoms with Gasteiger partial charge in [0.25, 0.3) is 5.91 Å². The third-order valence-electron chi connectivity index (χ3n) is 4.00. The molecule has 1 fully saturated rings. The molecule has 1 heterocycles. The molecule has 2 aromatic rings. The number of rotatable bonds is 3. The Balaban J connectivity index is 1.86. The van der Waals surface area contributed by atoms with Crippen LogP contribution in [0.2, 0.25) is 0 Å². The second-order valence-corrected chi connectivity index (χ2v) is 5.45. The van der Waals surface area contributed by atoms with Crippen LogP contribution in [0.4, 0.5) is 4.39 Å². The van der Waals surface area contributed by atoms with Gasteiger partial charge in [0.2, 0.25) is 0 Å². The van der Waals surface area contributed by atoms with Crippen LogP contribution in [-0.2, 0) is 4.74 Å². The fraction of sp³-hybridized carbons (Fsp3) is 0.353. The lowest BCUT2D eigenvalue weighted by Gasteiger charge is -2.20. The van der Waals surface area contributed by atoms with Crippen molar-refractivity contribution >= 4 is 16.7 Å². The summed E-state index contributed by atoms with van der Waals surface area (Å²) in [6.07, 6.45) is 2.07. The van der Waals surface area contributed by atoms with Gasteiger partial charge in [-0.15, -0.1) is 0 Å². The second kappa shape index (κ2) is 5.82. The summed E-state index contributed by atoms with van der Waals surface area (Å²) in [5.74, 6) is -0.497. The predicted molar refractivity (Wildman–Crippen MR) is 79.8 cm³/mol. The second-order valence-electron chi connectivity index (χ2n) is 5.45. The maximum Gasteiger partial charge on any atom is 0.252 e. The number of carbonyl (C=O) groups excluding carboxylic acids is 1. The van der Waals surface area contributed by atoms with E-state index in [1.165, 1.54) is 12.1 Å². The Morgan fingerprint density at radius 3 is 2.76 bits per heavy atom. The number of fused-ring (bicyclic) bond motifs is 1. The smallest absolute Gasteiger partial charge is 0.252 e. The SMILES string of the molecule is CC(NC(=O)c1ccc(F)c2ccccc12)C1CCCO1. The molecule has 1 amide bonds. The van der Waals surface area contributed by atoms with Gasteiger partial charge in [0.1, 0.15) is 5.82 Å². The molecule has 0 aromatic heterocycles. The average molecular weight is 287 g/mol. The highest BCUT2D eigenvalue weighted by atomic mass is 19.1. The fourth-order valence-electron chi connectivity index (χ4n) is 2.83. The normalized spacial score (nSPS) is 19.6. The predicted octanol–water partition coefficient (Wildman–Crippen LogP) is 3.28. The van der Waals surface area contributed by atoms with Crippen molar-refractivity contribution in [2.24, 2.45) is 0 Å². The van der Waals surface area contributed by atoms with Gasteiger partial charge in [-0.3, -0.25) is 4.79 Å². The van der Waals surface area contributed by atoms with E-state index in [4.69, 9.17) is 4.74 Å². The van der Waals surface area contributed by atoms with Gasteiger partial charge in [-0.1, -0.05) is 24.3 Å². The molecule has 2 unspecified atom stereocenters. The molecule has 1 aliphatic rings. The van der Waals surface area contributed by atoms with Crippen LogP contribution in [-0.4, -0.2) is 24.7 Å². The number of hydrogen-bond donors (Lipinski definition) is 1. The van der Waals surface area contributed by atoms with Crippen LogP contribution in [0, 0.1) is 5.82 Å². The minimum absolute atomic E-state index is 0.0520. The van der Waals surface area contributed by atoms with Crippen LogP contribution in [0.5, 0.6) is 0 Å². The first-order valence-electron chi connectivity index (χ1n) is 7.26. The zero-order valence-electron chi connectivity index (χ0n) is 11.9. The molecule has 1 aliphatic heterocycles. The monoisotopic (exact) mass is 287 g/mol. The van der Waals surface area contributed by atoms with Crippen molar-refractivity contribution in [3.63, 3.8) is 0 Å². The molecule has 21 heavy (non-hydrogen) atoms. The van der Waals surface area contributed by atoms with Crippen LogP contribution >= 0.6 is 0 Å². The summed E-state index contributed by atoms with van der Waals surface area (Å²) in [6, 6.07) is 9.85. The van der Waals surface area contributed by atoms with E-state index in [2.05, 4.69) is 5.32 Å². The molecule has 1 N–H and O–H groups in total. The number of halogens is 1. The van der Waals surface area contributed by atoms with Crippen LogP contribution in [0.3, 0.4) is 0 Å². The summed E-state index contributed by atoms with van der Waals surface area (Å²) in [4.78, 5) is 12.4. The Kier molecular flexibility index (Phi) is 3.88. The van der Waals surface area contributed by atoms with Crippen LogP contribution in [0.1, 0.15) is 30.1 Å². The van der Waals surface area contributed by atoms with Gasteiger partial charge in [-0.25, -0.2) is 4.39 Å². The first-order chi connectivity index (χ1) is 10.2. The Hall–Kier alpha value is -1.94. The Morgan fingerprint density at radius 1 is 1.29 bits per heavy atom. The van der Waals surface area contributed by atoms with E-state index in [1.807, 2.05) is 13.0 Å². The maximum absolute atomic E-state index is 13.8. The lowest BCUT2D eigenvalue weighted by Crippen LogP contribution is -2.40. The van der Waals surface area contributed by atoms with E-state index in [0.717, 1.165) is 19.4 Å². The molecule has 0 aliphatic carbocycles. The lowest BCUT2D eigenvalue weighted by molar-refractivity contribution is 0.0713. The molecule has 0 spiro atoms. The van der Waals surface area contributed by atoms with Crippen molar-refractivity contribution < 1.29 is 13.9 Å². The first kappa shape index (κ1) is 14.0. The van der Waals surface area contributed by atoms with Crippen molar-refractivity contribution in [1.82, 2.24) is 5.32 Å². The lowest BCUT2D eigenvalue weighted by atomic mass is 10.0. The van der Waals surface area contributed by atoms with E-state index < -0.39 is 0 Å². The third-order valence-corrected chi connectivity index (χ3v) is 4.00. The molecule has 0 radical (unpaired) electrons. The highest BCUT2D eigenvalue weighted by Crippen LogP contribution is 2.22. The number of nitrogens with one attached hydrogen (secondary N) is 1. The van der Waals surface area contributed by atoms with Gasteiger partial charge in [0.05, 0.1) is 12.1 Å². The Bertz CT molecular complexity index is 665. The summed E-state index contributed by atoms with van der Waals surface area (Å²) in [5.41, 5.74) is 0.497. The zero-order valence-corrected chi connectivity index (χ0v) is 11.9. The van der Waals surface area contributed by atoms with E-state index in [0.29, 0.717) is 16.3 Å². The van der Waals surface area contributed by atoms with Crippen LogP contribution < -0.4 is 5.32 Å². The fourth-order valence-corrected chi connectivity index (χ4v) is 2.83. The summed E-state index contributed by atoms with van der Waals surface area (Å²) < 4.78 is 19.4. The molecule has 0 bridgehead atoms. The average Bonchev–Trinajstić information content (AvgIpc) is 3.02. The molecule has 110 valence electrons. The largest absolute Gasteiger partial charge is 0.376 e. The van der Waals surface area contributed by atoms with Gasteiger partial charge in [-0.05, 0) is 37.3 Å². The van der Waals surface area contributed by atoms with E-state index in [1.54, 1.807) is 18.2 Å². The minimum atomic E-state index is -0.311. The number of carbonyl (C=O) groups is 1. The zero-order chi connectivity index (χ0) is 14.8. The van der Waals surface area contributed by atoms with E-state index in [-0.39, 0.29) is 23.9 Å². The quantitative estimate of drug-likeness (QED) is 0.941. The summed E-state index contributed by atoms with van der Waals surface area (Å²) >= 11 is 0. The van der Waals surface area contributed by atoms with Gasteiger partial charge < -0.3 is 10.1 Å². The number of ether oxygens (including phenoxy) is 1. The van der Waals surface area contributed by atoms with Crippen LogP contribution in [0.25, 0.3) is 10.8 Å². The molecule has 0 saturated carbocycles. The number of benzene rings is 2. The Labute approximate surface area is 123 Å². The van der Waals surface area contributed by atoms with Crippen molar-refractivity contribution in [3.05, 3.63) is 47.8 Å². The summed E-state index contributed by atoms with van der Waals surface area (Å²) in [5, 5.41) is 4.06. The molecule has 1 saturated heterocycles.